The molecule has 0 amide bonds. The molecule has 1 aromatic heterocycles. The molecule has 0 saturated heterocycles. The minimum Gasteiger partial charge on any atom is -0.281 e. The fourth-order valence-electron chi connectivity index (χ4n) is 1.59. The number of hydrogen-bond donors (Lipinski definition) is 1. The molecule has 0 radical (unpaired) electrons. The Morgan fingerprint density at radius 2 is 2.06 bits per heavy atom. The number of rotatable bonds is 1. The van der Waals surface area contributed by atoms with E-state index in [1.165, 1.54) is 10.7 Å². The average molecular weight is 213 g/mol. The van der Waals surface area contributed by atoms with Gasteiger partial charge in [-0.3, -0.25) is 9.89 Å². The van der Waals surface area contributed by atoms with Crippen LogP contribution in [0.3, 0.4) is 0 Å². The normalized spacial score (nSPS) is 10.1. The van der Waals surface area contributed by atoms with Crippen LogP contribution >= 0.6 is 0 Å². The van der Waals surface area contributed by atoms with Crippen LogP contribution in [-0.4, -0.2) is 9.78 Å². The van der Waals surface area contributed by atoms with E-state index in [4.69, 9.17) is 5.26 Å². The quantitative estimate of drug-likeness (QED) is 0.783. The van der Waals surface area contributed by atoms with Gasteiger partial charge in [-0.1, -0.05) is 12.1 Å². The van der Waals surface area contributed by atoms with Crippen LogP contribution < -0.4 is 5.56 Å². The van der Waals surface area contributed by atoms with Crippen molar-refractivity contribution in [3.8, 4) is 11.8 Å². The van der Waals surface area contributed by atoms with Gasteiger partial charge >= 0.3 is 0 Å². The Morgan fingerprint density at radius 3 is 2.69 bits per heavy atom. The highest BCUT2D eigenvalue weighted by molar-refractivity contribution is 5.42. The number of nitriles is 1. The van der Waals surface area contributed by atoms with E-state index in [0.29, 0.717) is 0 Å². The van der Waals surface area contributed by atoms with Gasteiger partial charge in [-0.25, -0.2) is 4.68 Å². The molecule has 0 saturated carbocycles. The number of H-pyrrole nitrogens is 1. The smallest absolute Gasteiger partial charge is 0.272 e. The molecule has 1 aromatic carbocycles. The molecule has 0 aliphatic heterocycles. The lowest BCUT2D eigenvalue weighted by Crippen LogP contribution is -2.14. The summed E-state index contributed by atoms with van der Waals surface area (Å²) < 4.78 is 1.39. The maximum absolute atomic E-state index is 11.6. The number of hydrogen-bond acceptors (Lipinski definition) is 2. The number of aromatic nitrogens is 2. The molecule has 0 aliphatic rings. The van der Waals surface area contributed by atoms with Crippen molar-refractivity contribution in [2.45, 2.75) is 13.8 Å². The summed E-state index contributed by atoms with van der Waals surface area (Å²) in [5, 5.41) is 11.5. The SMILES string of the molecule is Cc1ccc(C)c(-n2[nH]c(C#N)cc2=O)c1. The van der Waals surface area contributed by atoms with Gasteiger partial charge < -0.3 is 0 Å². The van der Waals surface area contributed by atoms with Crippen molar-refractivity contribution in [2.24, 2.45) is 0 Å². The molecule has 1 N–H and O–H groups in total. The first kappa shape index (κ1) is 10.2. The van der Waals surface area contributed by atoms with E-state index < -0.39 is 0 Å². The zero-order valence-corrected chi connectivity index (χ0v) is 9.11. The predicted octanol–water partition coefficient (Wildman–Crippen LogP) is 1.65. The van der Waals surface area contributed by atoms with Gasteiger partial charge in [0.05, 0.1) is 5.69 Å². The number of aromatic amines is 1. The second kappa shape index (κ2) is 3.70. The topological polar surface area (TPSA) is 61.6 Å². The fraction of sp³-hybridized carbons (Fsp3) is 0.167. The van der Waals surface area contributed by atoms with E-state index in [2.05, 4.69) is 5.10 Å². The van der Waals surface area contributed by atoms with E-state index in [1.54, 1.807) is 0 Å². The molecular weight excluding hydrogens is 202 g/mol. The summed E-state index contributed by atoms with van der Waals surface area (Å²) in [6.07, 6.45) is 0. The van der Waals surface area contributed by atoms with Crippen molar-refractivity contribution < 1.29 is 0 Å². The van der Waals surface area contributed by atoms with Crippen LogP contribution in [0.2, 0.25) is 0 Å². The van der Waals surface area contributed by atoms with Crippen LogP contribution in [0, 0.1) is 25.2 Å². The Morgan fingerprint density at radius 1 is 1.31 bits per heavy atom. The summed E-state index contributed by atoms with van der Waals surface area (Å²) in [6.45, 7) is 3.89. The highest BCUT2D eigenvalue weighted by Gasteiger charge is 2.07. The van der Waals surface area contributed by atoms with Crippen LogP contribution in [0.15, 0.2) is 29.1 Å². The van der Waals surface area contributed by atoms with Gasteiger partial charge in [0, 0.05) is 6.07 Å². The highest BCUT2D eigenvalue weighted by atomic mass is 16.1. The number of nitrogens with zero attached hydrogens (tertiary/aromatic N) is 2. The standard InChI is InChI=1S/C12H11N3O/c1-8-3-4-9(2)11(5-8)15-12(16)6-10(7-13)14-15/h3-6,14H,1-2H3. The molecule has 4 heteroatoms. The molecule has 0 aliphatic carbocycles. The summed E-state index contributed by atoms with van der Waals surface area (Å²) in [7, 11) is 0. The molecule has 1 heterocycles. The largest absolute Gasteiger partial charge is 0.281 e. The molecule has 16 heavy (non-hydrogen) atoms. The van der Waals surface area contributed by atoms with Gasteiger partial charge in [-0.15, -0.1) is 0 Å². The zero-order valence-electron chi connectivity index (χ0n) is 9.11. The van der Waals surface area contributed by atoms with Crippen LogP contribution in [0.4, 0.5) is 0 Å². The van der Waals surface area contributed by atoms with Crippen molar-refractivity contribution >= 4 is 0 Å². The summed E-state index contributed by atoms with van der Waals surface area (Å²) in [5.41, 5.74) is 2.89. The molecule has 2 aromatic rings. The molecule has 0 unspecified atom stereocenters. The number of benzene rings is 1. The third kappa shape index (κ3) is 1.63. The summed E-state index contributed by atoms with van der Waals surface area (Å²) in [4.78, 5) is 11.6. The summed E-state index contributed by atoms with van der Waals surface area (Å²) in [6, 6.07) is 9.05. The van der Waals surface area contributed by atoms with E-state index in [1.807, 2.05) is 38.1 Å². The molecule has 0 bridgehead atoms. The molecule has 0 atom stereocenters. The monoisotopic (exact) mass is 213 g/mol. The number of aryl methyl sites for hydroxylation is 2. The van der Waals surface area contributed by atoms with Gasteiger partial charge in [0.2, 0.25) is 0 Å². The Bertz CT molecular complexity index is 628. The van der Waals surface area contributed by atoms with Gasteiger partial charge in [-0.2, -0.15) is 5.26 Å². The Labute approximate surface area is 92.7 Å². The minimum atomic E-state index is -0.217. The van der Waals surface area contributed by atoms with Crippen LogP contribution in [0.25, 0.3) is 5.69 Å². The zero-order chi connectivity index (χ0) is 11.7. The first-order valence-corrected chi connectivity index (χ1v) is 4.91. The molecule has 4 nitrogen and oxygen atoms in total. The third-order valence-corrected chi connectivity index (χ3v) is 2.45. The fourth-order valence-corrected chi connectivity index (χ4v) is 1.59. The van der Waals surface area contributed by atoms with Gasteiger partial charge in [-0.05, 0) is 31.0 Å². The van der Waals surface area contributed by atoms with Crippen molar-refractivity contribution in [1.29, 1.82) is 5.26 Å². The van der Waals surface area contributed by atoms with E-state index in [0.717, 1.165) is 16.8 Å². The second-order valence-electron chi connectivity index (χ2n) is 3.75. The molecular formula is C12H11N3O. The lowest BCUT2D eigenvalue weighted by Gasteiger charge is -2.06. The van der Waals surface area contributed by atoms with Crippen LogP contribution in [0.5, 0.6) is 0 Å². The first-order chi connectivity index (χ1) is 7.61. The molecule has 2 rings (SSSR count). The highest BCUT2D eigenvalue weighted by Crippen LogP contribution is 2.13. The van der Waals surface area contributed by atoms with Crippen LogP contribution in [-0.2, 0) is 0 Å². The Hall–Kier alpha value is -2.28. The van der Waals surface area contributed by atoms with Gasteiger partial charge in [0.25, 0.3) is 5.56 Å². The van der Waals surface area contributed by atoms with Crippen molar-refractivity contribution in [1.82, 2.24) is 9.78 Å². The maximum Gasteiger partial charge on any atom is 0.272 e. The second-order valence-corrected chi connectivity index (χ2v) is 3.75. The average Bonchev–Trinajstić information content (AvgIpc) is 2.63. The first-order valence-electron chi connectivity index (χ1n) is 4.91. The molecule has 0 spiro atoms. The van der Waals surface area contributed by atoms with E-state index >= 15 is 0 Å². The molecule has 80 valence electrons. The van der Waals surface area contributed by atoms with Crippen molar-refractivity contribution in [3.63, 3.8) is 0 Å². The lowest BCUT2D eigenvalue weighted by atomic mass is 10.1. The van der Waals surface area contributed by atoms with Crippen LogP contribution in [0.1, 0.15) is 16.8 Å². The maximum atomic E-state index is 11.6. The van der Waals surface area contributed by atoms with Gasteiger partial charge in [0.15, 0.2) is 0 Å². The summed E-state index contributed by atoms with van der Waals surface area (Å²) >= 11 is 0. The Kier molecular flexibility index (Phi) is 2.37. The Balaban J connectivity index is 2.68. The summed E-state index contributed by atoms with van der Waals surface area (Å²) in [5.74, 6) is 0. The van der Waals surface area contributed by atoms with E-state index in [-0.39, 0.29) is 11.3 Å². The third-order valence-electron chi connectivity index (χ3n) is 2.45. The van der Waals surface area contributed by atoms with Gasteiger partial charge in [0.1, 0.15) is 11.8 Å². The lowest BCUT2D eigenvalue weighted by molar-refractivity contribution is 0.836. The molecule has 0 fully saturated rings. The van der Waals surface area contributed by atoms with E-state index in [9.17, 15) is 4.79 Å². The van der Waals surface area contributed by atoms with Crippen molar-refractivity contribution in [3.05, 3.63) is 51.4 Å². The van der Waals surface area contributed by atoms with Crippen molar-refractivity contribution in [2.75, 3.05) is 0 Å². The minimum absolute atomic E-state index is 0.217. The number of nitrogens with one attached hydrogen (secondary N) is 1. The predicted molar refractivity (Wildman–Crippen MR) is 60.6 cm³/mol.